The molecule has 0 radical (unpaired) electrons. The Balaban J connectivity index is 1.61. The summed E-state index contributed by atoms with van der Waals surface area (Å²) in [5, 5.41) is 6.16. The van der Waals surface area contributed by atoms with Crippen LogP contribution in [0.3, 0.4) is 0 Å². The number of ether oxygens (including phenoxy) is 3. The van der Waals surface area contributed by atoms with E-state index in [-0.39, 0.29) is 23.6 Å². The summed E-state index contributed by atoms with van der Waals surface area (Å²) in [4.78, 5) is 12.1. The van der Waals surface area contributed by atoms with Crippen molar-refractivity contribution in [1.29, 1.82) is 5.53 Å². The maximum atomic E-state index is 12.1. The lowest BCUT2D eigenvalue weighted by molar-refractivity contribution is -0.211. The van der Waals surface area contributed by atoms with Crippen molar-refractivity contribution in [2.75, 3.05) is 13.7 Å². The Kier molecular flexibility index (Phi) is 5.70. The molecular weight excluding hydrogens is 342 g/mol. The molecule has 1 spiro atoms. The largest absolute Gasteiger partial charge is 0.458 e. The fourth-order valence-electron chi connectivity index (χ4n) is 3.51. The quantitative estimate of drug-likeness (QED) is 0.437. The molecule has 0 amide bonds. The lowest BCUT2D eigenvalue weighted by Crippen LogP contribution is -2.40. The summed E-state index contributed by atoms with van der Waals surface area (Å²) >= 11 is 1.63. The Labute approximate surface area is 152 Å². The molecule has 0 aromatic heterocycles. The van der Waals surface area contributed by atoms with Crippen molar-refractivity contribution in [1.82, 2.24) is 5.01 Å². The Hall–Kier alpha value is -1.12. The number of allylic oxidation sites excluding steroid dienone is 1. The highest BCUT2D eigenvalue weighted by molar-refractivity contribution is 8.04. The van der Waals surface area contributed by atoms with E-state index in [1.807, 2.05) is 13.8 Å². The summed E-state index contributed by atoms with van der Waals surface area (Å²) in [6, 6.07) is 0. The summed E-state index contributed by atoms with van der Waals surface area (Å²) < 4.78 is 17.4. The predicted octanol–water partition coefficient (Wildman–Crippen LogP) is 3.61. The molecule has 2 aliphatic heterocycles. The molecule has 2 unspecified atom stereocenters. The number of esters is 1. The van der Waals surface area contributed by atoms with Gasteiger partial charge in [-0.05, 0) is 38.7 Å². The monoisotopic (exact) mass is 369 g/mol. The SMILES string of the molecule is CC(C)=C(SC1C[C@]12C[C@@H](OC1CCCCO1)CC(=O)O2)N(C)N=N. The predicted molar refractivity (Wildman–Crippen MR) is 93.8 cm³/mol. The third-order valence-electron chi connectivity index (χ3n) is 4.85. The summed E-state index contributed by atoms with van der Waals surface area (Å²) in [5.41, 5.74) is 7.88. The van der Waals surface area contributed by atoms with E-state index >= 15 is 0 Å². The number of nitrogens with one attached hydrogen (secondary N) is 1. The highest BCUT2D eigenvalue weighted by atomic mass is 32.2. The summed E-state index contributed by atoms with van der Waals surface area (Å²) in [5.74, 6) is -0.188. The van der Waals surface area contributed by atoms with Crippen molar-refractivity contribution in [3.63, 3.8) is 0 Å². The van der Waals surface area contributed by atoms with Crippen LogP contribution in [0, 0.1) is 5.53 Å². The zero-order chi connectivity index (χ0) is 18.0. The summed E-state index contributed by atoms with van der Waals surface area (Å²) in [6.45, 7) is 4.73. The number of carbonyl (C=O) groups excluding carboxylic acids is 1. The van der Waals surface area contributed by atoms with E-state index in [4.69, 9.17) is 19.7 Å². The van der Waals surface area contributed by atoms with Gasteiger partial charge in [-0.3, -0.25) is 4.79 Å². The molecule has 8 heteroatoms. The van der Waals surface area contributed by atoms with Crippen LogP contribution >= 0.6 is 11.8 Å². The molecule has 1 saturated carbocycles. The number of carbonyl (C=O) groups is 1. The third kappa shape index (κ3) is 4.35. The molecular formula is C17H27N3O4S. The van der Waals surface area contributed by atoms with Gasteiger partial charge in [0.15, 0.2) is 6.29 Å². The van der Waals surface area contributed by atoms with E-state index in [1.165, 1.54) is 0 Å². The average Bonchev–Trinajstić information content (AvgIpc) is 3.22. The Bertz CT molecular complexity index is 560. The van der Waals surface area contributed by atoms with Crippen LogP contribution in [0.5, 0.6) is 0 Å². The van der Waals surface area contributed by atoms with Gasteiger partial charge >= 0.3 is 5.97 Å². The van der Waals surface area contributed by atoms with Gasteiger partial charge in [0.2, 0.25) is 0 Å². The molecule has 0 aromatic carbocycles. The van der Waals surface area contributed by atoms with Crippen molar-refractivity contribution in [3.05, 3.63) is 10.6 Å². The van der Waals surface area contributed by atoms with Crippen molar-refractivity contribution in [3.8, 4) is 0 Å². The van der Waals surface area contributed by atoms with E-state index in [0.717, 1.165) is 42.9 Å². The molecule has 2 heterocycles. The third-order valence-corrected chi connectivity index (χ3v) is 6.63. The minimum absolute atomic E-state index is 0.135. The van der Waals surface area contributed by atoms with Gasteiger partial charge in [0.05, 0.1) is 22.8 Å². The Morgan fingerprint density at radius 1 is 1.40 bits per heavy atom. The van der Waals surface area contributed by atoms with E-state index < -0.39 is 5.60 Å². The first-order valence-corrected chi connectivity index (χ1v) is 9.75. The molecule has 1 N–H and O–H groups in total. The van der Waals surface area contributed by atoms with E-state index in [2.05, 4.69) is 5.22 Å². The number of thioether (sulfide) groups is 1. The summed E-state index contributed by atoms with van der Waals surface area (Å²) in [7, 11) is 1.76. The van der Waals surface area contributed by atoms with Gasteiger partial charge < -0.3 is 14.2 Å². The Morgan fingerprint density at radius 2 is 2.20 bits per heavy atom. The van der Waals surface area contributed by atoms with E-state index in [1.54, 1.807) is 23.8 Å². The van der Waals surface area contributed by atoms with Gasteiger partial charge in [0.25, 0.3) is 0 Å². The number of hydrogen-bond donors (Lipinski definition) is 1. The molecule has 0 bridgehead atoms. The second-order valence-corrected chi connectivity index (χ2v) is 8.43. The molecule has 3 rings (SSSR count). The lowest BCUT2D eigenvalue weighted by atomic mass is 10.0. The first kappa shape index (κ1) is 18.7. The standard InChI is InChI=1S/C17H27N3O4S/c1-11(2)16(20(3)19-18)25-13-10-17(13)9-12(8-14(21)24-17)23-15-6-4-5-7-22-15/h12-13,15,18H,4-10H2,1-3H3/t12-,13?,15?,17+/m0/s1. The zero-order valence-electron chi connectivity index (χ0n) is 15.1. The van der Waals surface area contributed by atoms with Crippen LogP contribution in [0.2, 0.25) is 0 Å². The van der Waals surface area contributed by atoms with Crippen LogP contribution in [0.25, 0.3) is 0 Å². The summed E-state index contributed by atoms with van der Waals surface area (Å²) in [6.07, 6.45) is 4.60. The fraction of sp³-hybridized carbons (Fsp3) is 0.824. The van der Waals surface area contributed by atoms with Crippen LogP contribution in [0.1, 0.15) is 52.4 Å². The highest BCUT2D eigenvalue weighted by Crippen LogP contribution is 2.56. The molecule has 2 saturated heterocycles. The molecule has 140 valence electrons. The second-order valence-electron chi connectivity index (χ2n) is 7.24. The topological polar surface area (TPSA) is 84.2 Å². The lowest BCUT2D eigenvalue weighted by Gasteiger charge is -2.33. The molecule has 4 atom stereocenters. The smallest absolute Gasteiger partial charge is 0.309 e. The fourth-order valence-corrected chi connectivity index (χ4v) is 4.93. The molecule has 25 heavy (non-hydrogen) atoms. The van der Waals surface area contributed by atoms with Gasteiger partial charge in [0, 0.05) is 26.5 Å². The number of rotatable bonds is 6. The van der Waals surface area contributed by atoms with Gasteiger partial charge in [-0.25, -0.2) is 5.01 Å². The van der Waals surface area contributed by atoms with Crippen LogP contribution in [0.4, 0.5) is 0 Å². The maximum absolute atomic E-state index is 12.1. The molecule has 3 aliphatic rings. The number of hydrogen-bond acceptors (Lipinski definition) is 7. The van der Waals surface area contributed by atoms with Crippen LogP contribution in [-0.4, -0.2) is 47.9 Å². The number of nitrogens with zero attached hydrogens (tertiary/aromatic N) is 2. The first-order chi connectivity index (χ1) is 11.9. The molecule has 3 fully saturated rings. The van der Waals surface area contributed by atoms with Crippen LogP contribution in [0.15, 0.2) is 15.8 Å². The molecule has 7 nitrogen and oxygen atoms in total. The second kappa shape index (κ2) is 7.63. The van der Waals surface area contributed by atoms with Crippen molar-refractivity contribution in [2.45, 2.75) is 75.6 Å². The van der Waals surface area contributed by atoms with Crippen LogP contribution in [-0.2, 0) is 19.0 Å². The van der Waals surface area contributed by atoms with Gasteiger partial charge in [-0.15, -0.1) is 0 Å². The van der Waals surface area contributed by atoms with Crippen molar-refractivity contribution in [2.24, 2.45) is 5.22 Å². The molecule has 1 aliphatic carbocycles. The zero-order valence-corrected chi connectivity index (χ0v) is 15.9. The minimum atomic E-state index is -0.442. The van der Waals surface area contributed by atoms with Crippen LogP contribution < -0.4 is 0 Å². The normalized spacial score (nSPS) is 34.4. The first-order valence-electron chi connectivity index (χ1n) is 8.87. The molecule has 0 aromatic rings. The van der Waals surface area contributed by atoms with Gasteiger partial charge in [-0.1, -0.05) is 17.0 Å². The maximum Gasteiger partial charge on any atom is 0.309 e. The van der Waals surface area contributed by atoms with Gasteiger partial charge in [-0.2, -0.15) is 5.53 Å². The average molecular weight is 369 g/mol. The van der Waals surface area contributed by atoms with E-state index in [0.29, 0.717) is 12.8 Å². The van der Waals surface area contributed by atoms with Crippen molar-refractivity contribution >= 4 is 17.7 Å². The van der Waals surface area contributed by atoms with Crippen molar-refractivity contribution < 1.29 is 19.0 Å². The minimum Gasteiger partial charge on any atom is -0.458 e. The van der Waals surface area contributed by atoms with E-state index in [9.17, 15) is 4.79 Å². The highest BCUT2D eigenvalue weighted by Gasteiger charge is 2.62. The Morgan fingerprint density at radius 3 is 2.84 bits per heavy atom. The van der Waals surface area contributed by atoms with Gasteiger partial charge in [0.1, 0.15) is 5.60 Å².